The molecule has 0 aliphatic heterocycles. The average molecular weight is 297 g/mol. The number of nitrogens with zero attached hydrogens (tertiary/aromatic N) is 2. The van der Waals surface area contributed by atoms with Gasteiger partial charge >= 0.3 is 5.97 Å². The summed E-state index contributed by atoms with van der Waals surface area (Å²) in [6, 6.07) is 1.70. The van der Waals surface area contributed by atoms with E-state index < -0.39 is 0 Å². The fourth-order valence-corrected chi connectivity index (χ4v) is 1.67. The first-order valence-corrected chi connectivity index (χ1v) is 7.10. The highest BCUT2D eigenvalue weighted by Gasteiger charge is 2.15. The normalized spacial score (nSPS) is 11.0. The van der Waals surface area contributed by atoms with Crippen LogP contribution in [-0.2, 0) is 14.3 Å². The second-order valence-electron chi connectivity index (χ2n) is 4.93. The van der Waals surface area contributed by atoms with Crippen molar-refractivity contribution in [2.24, 2.45) is 0 Å². The van der Waals surface area contributed by atoms with Gasteiger partial charge in [0.25, 0.3) is 0 Å². The summed E-state index contributed by atoms with van der Waals surface area (Å²) in [7, 11) is 0. The molecule has 0 spiro atoms. The molecule has 0 aromatic carbocycles. The minimum Gasteiger partial charge on any atom is -0.465 e. The van der Waals surface area contributed by atoms with Gasteiger partial charge in [-0.05, 0) is 19.4 Å². The van der Waals surface area contributed by atoms with Crippen molar-refractivity contribution in [3.63, 3.8) is 0 Å². The van der Waals surface area contributed by atoms with Gasteiger partial charge in [-0.25, -0.2) is 0 Å². The molecule has 1 aromatic rings. The Bertz CT molecular complexity index is 471. The molecule has 1 heterocycles. The maximum atomic E-state index is 11.9. The number of carbonyl (C=O) groups is 2. The van der Waals surface area contributed by atoms with E-state index in [-0.39, 0.29) is 30.9 Å². The first-order valence-electron chi connectivity index (χ1n) is 7.10. The molecule has 7 heteroatoms. The minimum atomic E-state index is -0.339. The van der Waals surface area contributed by atoms with Gasteiger partial charge < -0.3 is 9.26 Å². The van der Waals surface area contributed by atoms with Crippen LogP contribution in [0.4, 0.5) is 5.88 Å². The SMILES string of the molecule is CCOC(=O)CN(CC)CC(=O)Nc1cc(C(C)C)no1. The van der Waals surface area contributed by atoms with Crippen molar-refractivity contribution in [2.75, 3.05) is 31.6 Å². The summed E-state index contributed by atoms with van der Waals surface area (Å²) in [5.41, 5.74) is 0.782. The van der Waals surface area contributed by atoms with E-state index in [0.29, 0.717) is 19.0 Å². The predicted octanol–water partition coefficient (Wildman–Crippen LogP) is 1.62. The molecule has 0 aliphatic rings. The van der Waals surface area contributed by atoms with Crippen LogP contribution in [0.25, 0.3) is 0 Å². The number of ether oxygens (including phenoxy) is 1. The van der Waals surface area contributed by atoms with E-state index in [1.165, 1.54) is 0 Å². The number of likely N-dealkylation sites (N-methyl/N-ethyl adjacent to an activating group) is 1. The molecule has 0 atom stereocenters. The molecule has 0 aliphatic carbocycles. The maximum Gasteiger partial charge on any atom is 0.320 e. The fourth-order valence-electron chi connectivity index (χ4n) is 1.67. The van der Waals surface area contributed by atoms with E-state index in [1.54, 1.807) is 17.9 Å². The summed E-state index contributed by atoms with van der Waals surface area (Å²) < 4.78 is 9.90. The molecule has 1 aromatic heterocycles. The van der Waals surface area contributed by atoms with Crippen molar-refractivity contribution in [1.29, 1.82) is 0 Å². The molecule has 0 saturated heterocycles. The quantitative estimate of drug-likeness (QED) is 0.734. The Hall–Kier alpha value is -1.89. The third kappa shape index (κ3) is 5.95. The number of hydrogen-bond acceptors (Lipinski definition) is 6. The molecule has 0 unspecified atom stereocenters. The summed E-state index contributed by atoms with van der Waals surface area (Å²) in [6.07, 6.45) is 0. The molecule has 1 amide bonds. The van der Waals surface area contributed by atoms with Crippen molar-refractivity contribution in [3.05, 3.63) is 11.8 Å². The molecular formula is C14H23N3O4. The van der Waals surface area contributed by atoms with E-state index in [1.807, 2.05) is 20.8 Å². The van der Waals surface area contributed by atoms with Crippen LogP contribution in [0.2, 0.25) is 0 Å². The standard InChI is InChI=1S/C14H23N3O4/c1-5-17(9-14(19)20-6-2)8-12(18)15-13-7-11(10(3)4)16-21-13/h7,10H,5-6,8-9H2,1-4H3,(H,15,18). The molecule has 1 rings (SSSR count). The smallest absolute Gasteiger partial charge is 0.320 e. The number of esters is 1. The van der Waals surface area contributed by atoms with Crippen LogP contribution < -0.4 is 5.32 Å². The van der Waals surface area contributed by atoms with Gasteiger partial charge in [0.1, 0.15) is 0 Å². The van der Waals surface area contributed by atoms with E-state index in [2.05, 4.69) is 10.5 Å². The predicted molar refractivity (Wildman–Crippen MR) is 78.0 cm³/mol. The summed E-state index contributed by atoms with van der Waals surface area (Å²) in [5, 5.41) is 6.49. The number of aromatic nitrogens is 1. The Morgan fingerprint density at radius 2 is 2.10 bits per heavy atom. The molecule has 1 N–H and O–H groups in total. The summed E-state index contributed by atoms with van der Waals surface area (Å²) in [6.45, 7) is 8.68. The molecule has 0 bridgehead atoms. The number of carbonyl (C=O) groups excluding carboxylic acids is 2. The van der Waals surface area contributed by atoms with Crippen LogP contribution in [-0.4, -0.2) is 48.2 Å². The zero-order valence-corrected chi connectivity index (χ0v) is 13.0. The van der Waals surface area contributed by atoms with Gasteiger partial charge in [0.05, 0.1) is 25.4 Å². The zero-order valence-electron chi connectivity index (χ0n) is 13.0. The third-order valence-corrected chi connectivity index (χ3v) is 2.85. The maximum absolute atomic E-state index is 11.9. The Morgan fingerprint density at radius 3 is 2.62 bits per heavy atom. The van der Waals surface area contributed by atoms with Gasteiger partial charge in [0, 0.05) is 6.07 Å². The van der Waals surface area contributed by atoms with Crippen LogP contribution in [0, 0.1) is 0 Å². The van der Waals surface area contributed by atoms with Crippen molar-refractivity contribution in [1.82, 2.24) is 10.1 Å². The second kappa shape index (κ2) is 8.41. The second-order valence-corrected chi connectivity index (χ2v) is 4.93. The molecule has 0 saturated carbocycles. The molecule has 0 radical (unpaired) electrons. The van der Waals surface area contributed by atoms with Crippen molar-refractivity contribution >= 4 is 17.8 Å². The molecule has 21 heavy (non-hydrogen) atoms. The Balaban J connectivity index is 2.48. The molecular weight excluding hydrogens is 274 g/mol. The summed E-state index contributed by atoms with van der Waals surface area (Å²) in [5.74, 6) is -0.0484. The summed E-state index contributed by atoms with van der Waals surface area (Å²) in [4.78, 5) is 25.0. The number of anilines is 1. The van der Waals surface area contributed by atoms with E-state index in [0.717, 1.165) is 5.69 Å². The van der Waals surface area contributed by atoms with Crippen molar-refractivity contribution in [2.45, 2.75) is 33.6 Å². The van der Waals surface area contributed by atoms with E-state index in [9.17, 15) is 9.59 Å². The lowest BCUT2D eigenvalue weighted by Gasteiger charge is -2.17. The van der Waals surface area contributed by atoms with Crippen LogP contribution >= 0.6 is 0 Å². The molecule has 0 fully saturated rings. The third-order valence-electron chi connectivity index (χ3n) is 2.85. The van der Waals surface area contributed by atoms with Gasteiger partial charge in [-0.15, -0.1) is 0 Å². The van der Waals surface area contributed by atoms with Crippen LogP contribution in [0.5, 0.6) is 0 Å². The van der Waals surface area contributed by atoms with Crippen LogP contribution in [0.1, 0.15) is 39.3 Å². The highest BCUT2D eigenvalue weighted by atomic mass is 16.5. The Kier molecular flexibility index (Phi) is 6.87. The van der Waals surface area contributed by atoms with Gasteiger partial charge in [0.15, 0.2) is 0 Å². The van der Waals surface area contributed by atoms with Gasteiger partial charge in [-0.1, -0.05) is 25.9 Å². The van der Waals surface area contributed by atoms with Gasteiger partial charge in [0.2, 0.25) is 11.8 Å². The first kappa shape index (κ1) is 17.2. The van der Waals surface area contributed by atoms with Crippen LogP contribution in [0.15, 0.2) is 10.6 Å². The average Bonchev–Trinajstić information content (AvgIpc) is 2.86. The number of hydrogen-bond donors (Lipinski definition) is 1. The molecule has 118 valence electrons. The lowest BCUT2D eigenvalue weighted by Crippen LogP contribution is -2.37. The monoisotopic (exact) mass is 297 g/mol. The van der Waals surface area contributed by atoms with E-state index in [4.69, 9.17) is 9.26 Å². The first-order chi connectivity index (χ1) is 9.96. The minimum absolute atomic E-state index is 0.0887. The Labute approximate surface area is 124 Å². The van der Waals surface area contributed by atoms with E-state index >= 15 is 0 Å². The van der Waals surface area contributed by atoms with Crippen LogP contribution in [0.3, 0.4) is 0 Å². The van der Waals surface area contributed by atoms with Crippen molar-refractivity contribution in [3.8, 4) is 0 Å². The number of nitrogens with one attached hydrogen (secondary N) is 1. The highest BCUT2D eigenvalue weighted by molar-refractivity contribution is 5.91. The highest BCUT2D eigenvalue weighted by Crippen LogP contribution is 2.17. The van der Waals surface area contributed by atoms with Gasteiger partial charge in [-0.2, -0.15) is 0 Å². The molecule has 7 nitrogen and oxygen atoms in total. The van der Waals surface area contributed by atoms with Crippen molar-refractivity contribution < 1.29 is 18.8 Å². The lowest BCUT2D eigenvalue weighted by molar-refractivity contribution is -0.144. The lowest BCUT2D eigenvalue weighted by atomic mass is 10.1. The zero-order chi connectivity index (χ0) is 15.8. The largest absolute Gasteiger partial charge is 0.465 e. The summed E-state index contributed by atoms with van der Waals surface area (Å²) >= 11 is 0. The number of rotatable bonds is 8. The topological polar surface area (TPSA) is 84.7 Å². The van der Waals surface area contributed by atoms with Gasteiger partial charge in [-0.3, -0.25) is 19.8 Å². The number of amides is 1. The fraction of sp³-hybridized carbons (Fsp3) is 0.643. The Morgan fingerprint density at radius 1 is 1.38 bits per heavy atom.